The molecule has 1 heterocycles. The van der Waals surface area contributed by atoms with E-state index in [9.17, 15) is 8.42 Å². The van der Waals surface area contributed by atoms with Crippen LogP contribution in [0, 0.1) is 0 Å². The molecule has 0 aliphatic carbocycles. The number of nitrogens with zero attached hydrogens (tertiary/aromatic N) is 1. The summed E-state index contributed by atoms with van der Waals surface area (Å²) >= 11 is 0. The van der Waals surface area contributed by atoms with Gasteiger partial charge in [-0.15, -0.1) is 0 Å². The van der Waals surface area contributed by atoms with Crippen molar-refractivity contribution < 1.29 is 12.8 Å². The van der Waals surface area contributed by atoms with Crippen molar-refractivity contribution in [1.82, 2.24) is 9.71 Å². The van der Waals surface area contributed by atoms with E-state index < -0.39 is 10.0 Å². The highest BCUT2D eigenvalue weighted by molar-refractivity contribution is 7.89. The maximum absolute atomic E-state index is 12.4. The molecule has 2 aromatic rings. The van der Waals surface area contributed by atoms with E-state index >= 15 is 0 Å². The van der Waals surface area contributed by atoms with Crippen LogP contribution in [-0.4, -0.2) is 19.9 Å². The molecule has 0 aliphatic heterocycles. The molecule has 0 saturated heterocycles. The number of benzene rings is 1. The lowest BCUT2D eigenvalue weighted by molar-refractivity contribution is 0.452. The zero-order chi connectivity index (χ0) is 15.3. The molecule has 0 unspecified atom stereocenters. The molecule has 6 nitrogen and oxygen atoms in total. The van der Waals surface area contributed by atoms with Gasteiger partial charge in [-0.25, -0.2) is 18.1 Å². The molecule has 21 heavy (non-hydrogen) atoms. The number of anilines is 1. The summed E-state index contributed by atoms with van der Waals surface area (Å²) in [5, 5.41) is 3.04. The van der Waals surface area contributed by atoms with E-state index in [0.29, 0.717) is 18.1 Å². The first kappa shape index (κ1) is 15.5. The molecule has 0 amide bonds. The highest BCUT2D eigenvalue weighted by atomic mass is 32.2. The molecule has 0 atom stereocenters. The minimum absolute atomic E-state index is 0.0305. The van der Waals surface area contributed by atoms with Crippen LogP contribution in [0.15, 0.2) is 39.8 Å². The van der Waals surface area contributed by atoms with Gasteiger partial charge in [0.25, 0.3) is 0 Å². The Morgan fingerprint density at radius 1 is 1.24 bits per heavy atom. The second-order valence-electron chi connectivity index (χ2n) is 4.42. The summed E-state index contributed by atoms with van der Waals surface area (Å²) < 4.78 is 32.6. The maximum Gasteiger partial charge on any atom is 0.243 e. The van der Waals surface area contributed by atoms with Crippen LogP contribution < -0.4 is 10.0 Å². The SMILES string of the molecule is CCNc1ccccc1S(=O)(=O)NCc1ncc(CC)o1. The Hall–Kier alpha value is -1.86. The average molecular weight is 309 g/mol. The van der Waals surface area contributed by atoms with Crippen molar-refractivity contribution in [1.29, 1.82) is 0 Å². The molecule has 1 aromatic carbocycles. The van der Waals surface area contributed by atoms with Gasteiger partial charge in [-0.2, -0.15) is 0 Å². The lowest BCUT2D eigenvalue weighted by atomic mass is 10.3. The predicted molar refractivity (Wildman–Crippen MR) is 80.5 cm³/mol. The fraction of sp³-hybridized carbons (Fsp3) is 0.357. The summed E-state index contributed by atoms with van der Waals surface area (Å²) in [4.78, 5) is 4.25. The molecular weight excluding hydrogens is 290 g/mol. The van der Waals surface area contributed by atoms with Gasteiger partial charge in [0.15, 0.2) is 0 Å². The van der Waals surface area contributed by atoms with Crippen LogP contribution in [0.2, 0.25) is 0 Å². The Labute approximate surface area is 124 Å². The van der Waals surface area contributed by atoms with E-state index in [4.69, 9.17) is 4.42 Å². The van der Waals surface area contributed by atoms with Crippen LogP contribution in [0.3, 0.4) is 0 Å². The Morgan fingerprint density at radius 3 is 2.67 bits per heavy atom. The Balaban J connectivity index is 2.14. The van der Waals surface area contributed by atoms with Gasteiger partial charge in [0.05, 0.1) is 18.4 Å². The lowest BCUT2D eigenvalue weighted by Gasteiger charge is -2.11. The molecule has 7 heteroatoms. The zero-order valence-corrected chi connectivity index (χ0v) is 12.9. The molecule has 114 valence electrons. The van der Waals surface area contributed by atoms with E-state index in [-0.39, 0.29) is 11.4 Å². The monoisotopic (exact) mass is 309 g/mol. The highest BCUT2D eigenvalue weighted by Gasteiger charge is 2.18. The number of hydrogen-bond donors (Lipinski definition) is 2. The molecule has 0 bridgehead atoms. The molecule has 0 radical (unpaired) electrons. The lowest BCUT2D eigenvalue weighted by Crippen LogP contribution is -2.24. The van der Waals surface area contributed by atoms with Crippen molar-refractivity contribution in [3.05, 3.63) is 42.1 Å². The van der Waals surface area contributed by atoms with Gasteiger partial charge in [0.1, 0.15) is 10.7 Å². The van der Waals surface area contributed by atoms with Crippen molar-refractivity contribution in [2.45, 2.75) is 31.7 Å². The number of aryl methyl sites for hydroxylation is 1. The molecule has 1 aromatic heterocycles. The van der Waals surface area contributed by atoms with Gasteiger partial charge >= 0.3 is 0 Å². The number of sulfonamides is 1. The standard InChI is InChI=1S/C14H19N3O3S/c1-3-11-9-16-14(20-11)10-17-21(18,19)13-8-6-5-7-12(13)15-4-2/h5-9,15,17H,3-4,10H2,1-2H3. The van der Waals surface area contributed by atoms with Gasteiger partial charge in [-0.05, 0) is 19.1 Å². The molecule has 2 N–H and O–H groups in total. The predicted octanol–water partition coefficient (Wildman–Crippen LogP) is 2.15. The van der Waals surface area contributed by atoms with E-state index in [1.54, 1.807) is 30.5 Å². The third kappa shape index (κ3) is 3.83. The largest absolute Gasteiger partial charge is 0.444 e. The van der Waals surface area contributed by atoms with Crippen LogP contribution in [0.4, 0.5) is 5.69 Å². The minimum atomic E-state index is -3.62. The normalized spacial score (nSPS) is 11.5. The summed E-state index contributed by atoms with van der Waals surface area (Å²) in [5.74, 6) is 1.09. The van der Waals surface area contributed by atoms with Crippen LogP contribution >= 0.6 is 0 Å². The third-order valence-electron chi connectivity index (χ3n) is 2.91. The second-order valence-corrected chi connectivity index (χ2v) is 6.16. The number of hydrogen-bond acceptors (Lipinski definition) is 5. The summed E-state index contributed by atoms with van der Waals surface area (Å²) in [5.41, 5.74) is 0.578. The van der Waals surface area contributed by atoms with Crippen molar-refractivity contribution >= 4 is 15.7 Å². The van der Waals surface area contributed by atoms with Crippen molar-refractivity contribution in [3.8, 4) is 0 Å². The average Bonchev–Trinajstić information content (AvgIpc) is 2.94. The molecular formula is C14H19N3O3S. The van der Waals surface area contributed by atoms with Crippen LogP contribution in [0.5, 0.6) is 0 Å². The fourth-order valence-corrected chi connectivity index (χ4v) is 3.02. The first-order valence-electron chi connectivity index (χ1n) is 6.83. The van der Waals surface area contributed by atoms with E-state index in [1.807, 2.05) is 13.8 Å². The van der Waals surface area contributed by atoms with E-state index in [1.165, 1.54) is 0 Å². The van der Waals surface area contributed by atoms with Gasteiger partial charge in [-0.3, -0.25) is 0 Å². The van der Waals surface area contributed by atoms with Crippen molar-refractivity contribution in [2.24, 2.45) is 0 Å². The summed E-state index contributed by atoms with van der Waals surface area (Å²) in [6.07, 6.45) is 2.33. The third-order valence-corrected chi connectivity index (χ3v) is 4.37. The first-order chi connectivity index (χ1) is 10.1. The van der Waals surface area contributed by atoms with Gasteiger partial charge in [-0.1, -0.05) is 19.1 Å². The number of rotatable bonds is 7. The number of oxazole rings is 1. The Kier molecular flexibility index (Phi) is 4.98. The second kappa shape index (κ2) is 6.73. The summed E-state index contributed by atoms with van der Waals surface area (Å²) in [6, 6.07) is 6.78. The van der Waals surface area contributed by atoms with Gasteiger partial charge in [0.2, 0.25) is 15.9 Å². The van der Waals surface area contributed by atoms with Crippen LogP contribution in [0.25, 0.3) is 0 Å². The van der Waals surface area contributed by atoms with Gasteiger partial charge in [0, 0.05) is 13.0 Å². The highest BCUT2D eigenvalue weighted by Crippen LogP contribution is 2.20. The zero-order valence-electron chi connectivity index (χ0n) is 12.1. The quantitative estimate of drug-likeness (QED) is 0.818. The smallest absolute Gasteiger partial charge is 0.243 e. The van der Waals surface area contributed by atoms with Crippen LogP contribution in [0.1, 0.15) is 25.5 Å². The van der Waals surface area contributed by atoms with Crippen LogP contribution in [-0.2, 0) is 23.0 Å². The molecule has 2 rings (SSSR count). The number of nitrogens with one attached hydrogen (secondary N) is 2. The number of aromatic nitrogens is 1. The first-order valence-corrected chi connectivity index (χ1v) is 8.31. The molecule has 0 fully saturated rings. The molecule has 0 saturated carbocycles. The van der Waals surface area contributed by atoms with Gasteiger partial charge < -0.3 is 9.73 Å². The minimum Gasteiger partial charge on any atom is -0.444 e. The Morgan fingerprint density at radius 2 is 2.00 bits per heavy atom. The van der Waals surface area contributed by atoms with Crippen molar-refractivity contribution in [2.75, 3.05) is 11.9 Å². The molecule has 0 spiro atoms. The molecule has 0 aliphatic rings. The summed E-state index contributed by atoms with van der Waals surface area (Å²) in [6.45, 7) is 4.53. The fourth-order valence-electron chi connectivity index (χ4n) is 1.87. The Bertz CT molecular complexity index is 695. The topological polar surface area (TPSA) is 84.2 Å². The maximum atomic E-state index is 12.4. The summed E-state index contributed by atoms with van der Waals surface area (Å²) in [7, 11) is -3.62. The number of para-hydroxylation sites is 1. The van der Waals surface area contributed by atoms with E-state index in [0.717, 1.165) is 12.2 Å². The van der Waals surface area contributed by atoms with E-state index in [2.05, 4.69) is 15.0 Å². The van der Waals surface area contributed by atoms with Crippen molar-refractivity contribution in [3.63, 3.8) is 0 Å².